The zero-order valence-electron chi connectivity index (χ0n) is 23.0. The lowest BCUT2D eigenvalue weighted by atomic mass is 9.92. The van der Waals surface area contributed by atoms with Crippen LogP contribution in [0.15, 0.2) is 47.6 Å². The van der Waals surface area contributed by atoms with Crippen LogP contribution in [0, 0.1) is 0 Å². The van der Waals surface area contributed by atoms with Gasteiger partial charge in [-0.25, -0.2) is 4.79 Å². The van der Waals surface area contributed by atoms with E-state index < -0.39 is 0 Å². The molecule has 39 heavy (non-hydrogen) atoms. The summed E-state index contributed by atoms with van der Waals surface area (Å²) in [6.45, 7) is 1.52. The Morgan fingerprint density at radius 3 is 2.41 bits per heavy atom. The minimum absolute atomic E-state index is 0.133. The lowest BCUT2D eigenvalue weighted by molar-refractivity contribution is 0.0256. The van der Waals surface area contributed by atoms with Crippen molar-refractivity contribution in [2.75, 3.05) is 32.6 Å². The number of nitrogens with zero attached hydrogens (tertiary/aromatic N) is 3. The van der Waals surface area contributed by atoms with Gasteiger partial charge in [-0.1, -0.05) is 12.1 Å². The Hall–Kier alpha value is -3.52. The van der Waals surface area contributed by atoms with Crippen LogP contribution in [-0.2, 0) is 4.74 Å². The summed E-state index contributed by atoms with van der Waals surface area (Å²) in [5, 5.41) is 13.7. The third kappa shape index (κ3) is 5.62. The molecule has 6 rings (SSSR count). The summed E-state index contributed by atoms with van der Waals surface area (Å²) < 4.78 is 14.4. The molecule has 0 atom stereocenters. The number of ether oxygens (including phenoxy) is 2. The highest BCUT2D eigenvalue weighted by molar-refractivity contribution is 6.07. The van der Waals surface area contributed by atoms with E-state index in [1.807, 2.05) is 37.5 Å². The van der Waals surface area contributed by atoms with E-state index in [9.17, 15) is 4.79 Å². The average molecular weight is 530 g/mol. The number of carbonyl (C=O) groups excluding carboxylic acids is 1. The summed E-state index contributed by atoms with van der Waals surface area (Å²) >= 11 is 0. The second kappa shape index (κ2) is 11.3. The Labute approximate surface area is 230 Å². The van der Waals surface area contributed by atoms with Crippen LogP contribution in [0.4, 0.5) is 10.5 Å². The highest BCUT2D eigenvalue weighted by Crippen LogP contribution is 2.43. The van der Waals surface area contributed by atoms with E-state index >= 15 is 0 Å². The second-order valence-electron chi connectivity index (χ2n) is 11.2. The Morgan fingerprint density at radius 1 is 1.03 bits per heavy atom. The van der Waals surface area contributed by atoms with Crippen LogP contribution in [0.25, 0.3) is 22.2 Å². The van der Waals surface area contributed by atoms with Gasteiger partial charge in [0.15, 0.2) is 0 Å². The Morgan fingerprint density at radius 2 is 1.77 bits per heavy atom. The molecule has 1 saturated heterocycles. The summed E-state index contributed by atoms with van der Waals surface area (Å²) in [6.07, 6.45) is 10.9. The maximum absolute atomic E-state index is 12.4. The summed E-state index contributed by atoms with van der Waals surface area (Å²) in [7, 11) is 3.88. The molecule has 0 radical (unpaired) electrons. The fourth-order valence-corrected chi connectivity index (χ4v) is 5.62. The molecule has 2 amide bonds. The van der Waals surface area contributed by atoms with Crippen molar-refractivity contribution in [1.82, 2.24) is 14.9 Å². The number of hydrogen-bond acceptors (Lipinski definition) is 5. The van der Waals surface area contributed by atoms with E-state index in [2.05, 4.69) is 50.6 Å². The van der Waals surface area contributed by atoms with Gasteiger partial charge in [-0.15, -0.1) is 0 Å². The van der Waals surface area contributed by atoms with Gasteiger partial charge in [0.05, 0.1) is 30.6 Å². The molecule has 2 N–H and O–H groups in total. The highest BCUT2D eigenvalue weighted by Gasteiger charge is 2.28. The first-order valence-corrected chi connectivity index (χ1v) is 14.4. The Bertz CT molecular complexity index is 1330. The number of carbonyl (C=O) groups is 1. The lowest BCUT2D eigenvalue weighted by Gasteiger charge is -2.30. The van der Waals surface area contributed by atoms with Gasteiger partial charge in [0.1, 0.15) is 11.9 Å². The number of rotatable bonds is 8. The molecule has 3 aliphatic rings. The van der Waals surface area contributed by atoms with Gasteiger partial charge >= 0.3 is 6.03 Å². The van der Waals surface area contributed by atoms with Gasteiger partial charge in [0, 0.05) is 61.7 Å². The quantitative estimate of drug-likeness (QED) is 0.271. The van der Waals surface area contributed by atoms with Crippen molar-refractivity contribution in [3.63, 3.8) is 0 Å². The number of anilines is 1. The normalized spacial score (nSPS) is 18.6. The summed E-state index contributed by atoms with van der Waals surface area (Å²) in [6, 6.07) is 15.3. The largest absolute Gasteiger partial charge is 0.490 e. The monoisotopic (exact) mass is 529 g/mol. The molecule has 8 heteroatoms. The number of amides is 2. The van der Waals surface area contributed by atoms with Crippen LogP contribution in [0.1, 0.15) is 63.0 Å². The Kier molecular flexibility index (Phi) is 7.46. The summed E-state index contributed by atoms with van der Waals surface area (Å²) in [5.41, 5.74) is 5.34. The van der Waals surface area contributed by atoms with E-state index in [1.54, 1.807) is 0 Å². The van der Waals surface area contributed by atoms with Crippen LogP contribution in [0.2, 0.25) is 0 Å². The number of benzene rings is 2. The van der Waals surface area contributed by atoms with Gasteiger partial charge in [0.2, 0.25) is 0 Å². The molecule has 2 saturated carbocycles. The minimum atomic E-state index is -0.133. The first kappa shape index (κ1) is 25.7. The molecule has 206 valence electrons. The molecule has 2 heterocycles. The first-order valence-electron chi connectivity index (χ1n) is 14.4. The molecular formula is C31H39N5O3. The topological polar surface area (TPSA) is 80.1 Å². The number of fused-ring (bicyclic) bond motifs is 1. The smallest absolute Gasteiger partial charge is 0.319 e. The third-order valence-electron chi connectivity index (χ3n) is 8.20. The van der Waals surface area contributed by atoms with Gasteiger partial charge < -0.3 is 29.7 Å². The molecular weight excluding hydrogens is 490 g/mol. The van der Waals surface area contributed by atoms with Gasteiger partial charge in [-0.3, -0.25) is 0 Å². The van der Waals surface area contributed by atoms with E-state index in [0.29, 0.717) is 12.1 Å². The zero-order chi connectivity index (χ0) is 26.8. The van der Waals surface area contributed by atoms with Crippen LogP contribution < -0.4 is 15.4 Å². The number of nitrogens with one attached hydrogen (secondary N) is 2. The van der Waals surface area contributed by atoms with Crippen LogP contribution in [-0.4, -0.2) is 61.3 Å². The van der Waals surface area contributed by atoms with Gasteiger partial charge in [-0.05, 0) is 68.4 Å². The molecule has 0 spiro atoms. The Balaban J connectivity index is 1.37. The zero-order valence-corrected chi connectivity index (χ0v) is 23.0. The van der Waals surface area contributed by atoms with Crippen molar-refractivity contribution in [3.8, 4) is 17.0 Å². The van der Waals surface area contributed by atoms with Crippen LogP contribution >= 0.6 is 0 Å². The van der Waals surface area contributed by atoms with Crippen molar-refractivity contribution in [2.45, 2.75) is 69.6 Å². The maximum atomic E-state index is 12.4. The molecule has 2 aromatic carbocycles. The van der Waals surface area contributed by atoms with E-state index in [4.69, 9.17) is 9.47 Å². The SMILES string of the molecule is CN(C)N=Cc1c(-c2ccc(NC(=O)NC3CCC3)cc2)n(C2CCC2)c2cc(OC3CCOCC3)ccc12. The van der Waals surface area contributed by atoms with E-state index in [-0.39, 0.29) is 12.1 Å². The minimum Gasteiger partial charge on any atom is -0.490 e. The fraction of sp³-hybridized carbons (Fsp3) is 0.484. The summed E-state index contributed by atoms with van der Waals surface area (Å²) in [4.78, 5) is 12.4. The van der Waals surface area contributed by atoms with Crippen LogP contribution in [0.3, 0.4) is 0 Å². The maximum Gasteiger partial charge on any atom is 0.319 e. The molecule has 8 nitrogen and oxygen atoms in total. The lowest BCUT2D eigenvalue weighted by Crippen LogP contribution is -2.41. The van der Waals surface area contributed by atoms with Crippen molar-refractivity contribution in [2.24, 2.45) is 5.10 Å². The molecule has 0 unspecified atom stereocenters. The van der Waals surface area contributed by atoms with Crippen molar-refractivity contribution >= 4 is 28.8 Å². The summed E-state index contributed by atoms with van der Waals surface area (Å²) in [5.74, 6) is 0.909. The second-order valence-corrected chi connectivity index (χ2v) is 11.2. The molecule has 3 aromatic rings. The predicted molar refractivity (Wildman–Crippen MR) is 156 cm³/mol. The molecule has 1 aromatic heterocycles. The third-order valence-corrected chi connectivity index (χ3v) is 8.20. The van der Waals surface area contributed by atoms with Crippen molar-refractivity contribution < 1.29 is 14.3 Å². The van der Waals surface area contributed by atoms with Crippen LogP contribution in [0.5, 0.6) is 5.75 Å². The average Bonchev–Trinajstić information content (AvgIpc) is 3.18. The standard InChI is InChI=1S/C31H39N5O3/c1-35(2)32-20-28-27-14-13-26(39-25-15-17-38-18-16-25)19-29(27)36(24-7-4-8-24)30(28)21-9-11-23(12-10-21)34-31(37)33-22-5-3-6-22/h9-14,19-20,22,24-25H,3-8,15-18H2,1-2H3,(H2,33,34,37). The van der Waals surface area contributed by atoms with Gasteiger partial charge in [-0.2, -0.15) is 5.10 Å². The molecule has 2 aliphatic carbocycles. The molecule has 0 bridgehead atoms. The number of aromatic nitrogens is 1. The molecule has 1 aliphatic heterocycles. The first-order chi connectivity index (χ1) is 19.0. The number of hydrazone groups is 1. The number of urea groups is 1. The predicted octanol–water partition coefficient (Wildman–Crippen LogP) is 6.16. The van der Waals surface area contributed by atoms with Gasteiger partial charge in [0.25, 0.3) is 0 Å². The van der Waals surface area contributed by atoms with Crippen molar-refractivity contribution in [3.05, 3.63) is 48.0 Å². The highest BCUT2D eigenvalue weighted by atomic mass is 16.5. The molecule has 3 fully saturated rings. The van der Waals surface area contributed by atoms with Crippen molar-refractivity contribution in [1.29, 1.82) is 0 Å². The number of hydrogen-bond donors (Lipinski definition) is 2. The van der Waals surface area contributed by atoms with E-state index in [1.165, 1.54) is 23.7 Å². The van der Waals surface area contributed by atoms with E-state index in [0.717, 1.165) is 80.0 Å². The fourth-order valence-electron chi connectivity index (χ4n) is 5.62.